The zero-order valence-electron chi connectivity index (χ0n) is 23.3. The van der Waals surface area contributed by atoms with Crippen LogP contribution in [0.25, 0.3) is 0 Å². The summed E-state index contributed by atoms with van der Waals surface area (Å²) in [6.45, 7) is 4.13. The molecule has 13 heteroatoms. The first-order chi connectivity index (χ1) is 20.1. The topological polar surface area (TPSA) is 112 Å². The molecule has 3 fully saturated rings. The maximum Gasteiger partial charge on any atom is 0.247 e. The number of anilines is 1. The van der Waals surface area contributed by atoms with Crippen LogP contribution in [0.1, 0.15) is 31.2 Å². The molecule has 2 aromatic carbocycles. The van der Waals surface area contributed by atoms with Crippen molar-refractivity contribution in [1.82, 2.24) is 14.5 Å². The zero-order valence-corrected chi connectivity index (χ0v) is 24.1. The van der Waals surface area contributed by atoms with Crippen molar-refractivity contribution in [2.24, 2.45) is 0 Å². The van der Waals surface area contributed by atoms with E-state index >= 15 is 0 Å². The van der Waals surface area contributed by atoms with Gasteiger partial charge in [-0.3, -0.25) is 9.69 Å². The normalized spacial score (nSPS) is 26.5. The average molecular weight is 607 g/mol. The van der Waals surface area contributed by atoms with E-state index in [9.17, 15) is 27.1 Å². The van der Waals surface area contributed by atoms with Gasteiger partial charge >= 0.3 is 0 Å². The average Bonchev–Trinajstić information content (AvgIpc) is 3.39. The van der Waals surface area contributed by atoms with Gasteiger partial charge in [-0.2, -0.15) is 4.31 Å². The second-order valence-electron chi connectivity index (χ2n) is 11.6. The third-order valence-electron chi connectivity index (χ3n) is 8.86. The molecule has 6 rings (SSSR count). The van der Waals surface area contributed by atoms with E-state index in [-0.39, 0.29) is 30.2 Å². The van der Waals surface area contributed by atoms with Gasteiger partial charge in [-0.1, -0.05) is 6.07 Å². The number of carbonyl (C=O) groups is 1. The number of nitrogens with one attached hydrogen (secondary N) is 1. The number of sulfonamides is 1. The number of hydrogen-bond acceptors (Lipinski definition) is 8. The number of piperidine rings is 1. The monoisotopic (exact) mass is 606 g/mol. The SMILES string of the molecule is O=C1NC2(CCOc3cc(N4CCOCC4)ccc3S(=O)(=O)N3C[C@H](O)C[C@@H]13)CCN(Cc1ccc(F)c(F)c1)CC2. The van der Waals surface area contributed by atoms with E-state index in [1.54, 1.807) is 18.2 Å². The van der Waals surface area contributed by atoms with Gasteiger partial charge in [-0.15, -0.1) is 0 Å². The number of hydrogen-bond donors (Lipinski definition) is 2. The van der Waals surface area contributed by atoms with Crippen molar-refractivity contribution in [3.8, 4) is 5.75 Å². The van der Waals surface area contributed by atoms with E-state index in [1.807, 2.05) is 0 Å². The van der Waals surface area contributed by atoms with Crippen LogP contribution in [0.5, 0.6) is 5.75 Å². The number of ether oxygens (including phenoxy) is 2. The van der Waals surface area contributed by atoms with Crippen LogP contribution in [0.15, 0.2) is 41.3 Å². The van der Waals surface area contributed by atoms with E-state index in [4.69, 9.17) is 9.47 Å². The third kappa shape index (κ3) is 5.85. The Morgan fingerprint density at radius 2 is 1.74 bits per heavy atom. The Bertz CT molecular complexity index is 1430. The minimum atomic E-state index is -4.16. The highest BCUT2D eigenvalue weighted by molar-refractivity contribution is 7.89. The van der Waals surface area contributed by atoms with Gasteiger partial charge in [0.15, 0.2) is 11.6 Å². The molecule has 10 nitrogen and oxygen atoms in total. The van der Waals surface area contributed by atoms with Crippen molar-refractivity contribution in [3.63, 3.8) is 0 Å². The molecular formula is C29H36F2N4O6S. The first-order valence-electron chi connectivity index (χ1n) is 14.4. The molecule has 0 saturated carbocycles. The highest BCUT2D eigenvalue weighted by Gasteiger charge is 2.47. The van der Waals surface area contributed by atoms with Crippen LogP contribution in [0.2, 0.25) is 0 Å². The van der Waals surface area contributed by atoms with Crippen LogP contribution < -0.4 is 15.0 Å². The lowest BCUT2D eigenvalue weighted by Crippen LogP contribution is -2.59. The lowest BCUT2D eigenvalue weighted by atomic mass is 9.84. The maximum absolute atomic E-state index is 13.9. The minimum Gasteiger partial charge on any atom is -0.492 e. The van der Waals surface area contributed by atoms with Gasteiger partial charge in [0.25, 0.3) is 0 Å². The van der Waals surface area contributed by atoms with Gasteiger partial charge < -0.3 is 24.8 Å². The van der Waals surface area contributed by atoms with Crippen LogP contribution in [0, 0.1) is 11.6 Å². The smallest absolute Gasteiger partial charge is 0.247 e. The summed E-state index contributed by atoms with van der Waals surface area (Å²) < 4.78 is 67.7. The summed E-state index contributed by atoms with van der Waals surface area (Å²) in [6, 6.07) is 7.85. The van der Waals surface area contributed by atoms with Gasteiger partial charge in [0.2, 0.25) is 15.9 Å². The van der Waals surface area contributed by atoms with Gasteiger partial charge in [-0.05, 0) is 42.7 Å². The molecule has 0 radical (unpaired) electrons. The first kappa shape index (κ1) is 29.2. The highest BCUT2D eigenvalue weighted by Crippen LogP contribution is 2.37. The number of aliphatic hydroxyl groups is 1. The number of fused-ring (bicyclic) bond motifs is 2. The predicted octanol–water partition coefficient (Wildman–Crippen LogP) is 1.86. The summed E-state index contributed by atoms with van der Waals surface area (Å²) in [4.78, 5) is 17.9. The number of likely N-dealkylation sites (tertiary alicyclic amines) is 1. The molecule has 3 saturated heterocycles. The molecule has 228 valence electrons. The van der Waals surface area contributed by atoms with Crippen molar-refractivity contribution < 1.29 is 36.6 Å². The van der Waals surface area contributed by atoms with Gasteiger partial charge in [0.1, 0.15) is 16.7 Å². The summed E-state index contributed by atoms with van der Waals surface area (Å²) in [5.41, 5.74) is 0.833. The maximum atomic E-state index is 13.9. The summed E-state index contributed by atoms with van der Waals surface area (Å²) in [5, 5.41) is 13.6. The van der Waals surface area contributed by atoms with Crippen molar-refractivity contribution in [3.05, 3.63) is 53.6 Å². The number of aliphatic hydroxyl groups excluding tert-OH is 1. The Kier molecular flexibility index (Phi) is 8.13. The number of carbonyl (C=O) groups excluding carboxylic acids is 1. The minimum absolute atomic E-state index is 0.00541. The third-order valence-corrected chi connectivity index (χ3v) is 10.8. The fraction of sp³-hybridized carbons (Fsp3) is 0.552. The van der Waals surface area contributed by atoms with Crippen LogP contribution >= 0.6 is 0 Å². The fourth-order valence-corrected chi connectivity index (χ4v) is 8.18. The van der Waals surface area contributed by atoms with E-state index in [2.05, 4.69) is 15.1 Å². The van der Waals surface area contributed by atoms with E-state index < -0.39 is 45.2 Å². The summed E-state index contributed by atoms with van der Waals surface area (Å²) in [7, 11) is -4.16. The number of halogens is 2. The molecule has 0 aliphatic carbocycles. The lowest BCUT2D eigenvalue weighted by molar-refractivity contribution is -0.127. The number of rotatable bonds is 3. The molecule has 1 amide bonds. The Morgan fingerprint density at radius 1 is 0.976 bits per heavy atom. The number of benzene rings is 2. The van der Waals surface area contributed by atoms with E-state index in [1.165, 1.54) is 12.1 Å². The molecule has 0 bridgehead atoms. The fourth-order valence-electron chi connectivity index (χ4n) is 6.43. The standard InChI is InChI=1S/C29H36F2N4O6S/c30-23-3-1-20(15-24(23)31)18-33-8-5-29(6-9-33)7-12-41-26-16-21(34-10-13-40-14-11-34)2-4-27(26)42(38,39)35-19-22(36)17-25(35)28(37)32-29/h1-4,15-16,22,25,36H,5-14,17-19H2,(H,32,37)/t22-,25+/m1/s1. The van der Waals surface area contributed by atoms with Crippen molar-refractivity contribution >= 4 is 21.6 Å². The van der Waals surface area contributed by atoms with Crippen molar-refractivity contribution in [2.75, 3.05) is 57.4 Å². The molecule has 4 heterocycles. The lowest BCUT2D eigenvalue weighted by Gasteiger charge is -2.43. The number of nitrogens with zero attached hydrogens (tertiary/aromatic N) is 3. The zero-order chi connectivity index (χ0) is 29.5. The van der Waals surface area contributed by atoms with Crippen LogP contribution in [-0.4, -0.2) is 98.9 Å². The molecular weight excluding hydrogens is 570 g/mol. The van der Waals surface area contributed by atoms with E-state index in [0.29, 0.717) is 70.8 Å². The molecule has 42 heavy (non-hydrogen) atoms. The van der Waals surface area contributed by atoms with Crippen LogP contribution in [-0.2, 0) is 26.1 Å². The van der Waals surface area contributed by atoms with Gasteiger partial charge in [0, 0.05) is 69.4 Å². The quantitative estimate of drug-likeness (QED) is 0.545. The van der Waals surface area contributed by atoms with Crippen molar-refractivity contribution in [2.45, 2.75) is 54.8 Å². The van der Waals surface area contributed by atoms with Crippen LogP contribution in [0.4, 0.5) is 14.5 Å². The summed E-state index contributed by atoms with van der Waals surface area (Å²) in [5.74, 6) is -1.98. The Hall–Kier alpha value is -2.84. The Balaban J connectivity index is 1.26. The molecule has 2 atom stereocenters. The predicted molar refractivity (Wildman–Crippen MR) is 150 cm³/mol. The summed E-state index contributed by atoms with van der Waals surface area (Å²) in [6.07, 6.45) is 0.618. The summed E-state index contributed by atoms with van der Waals surface area (Å²) >= 11 is 0. The molecule has 4 aliphatic rings. The second kappa shape index (κ2) is 11.7. The molecule has 1 spiro atoms. The van der Waals surface area contributed by atoms with E-state index in [0.717, 1.165) is 16.1 Å². The van der Waals surface area contributed by atoms with Crippen molar-refractivity contribution in [1.29, 1.82) is 0 Å². The number of morpholine rings is 1. The van der Waals surface area contributed by atoms with Gasteiger partial charge in [0.05, 0.1) is 25.9 Å². The molecule has 0 aromatic heterocycles. The first-order valence-corrected chi connectivity index (χ1v) is 15.9. The largest absolute Gasteiger partial charge is 0.492 e. The second-order valence-corrected chi connectivity index (χ2v) is 13.5. The Morgan fingerprint density at radius 3 is 2.48 bits per heavy atom. The highest BCUT2D eigenvalue weighted by atomic mass is 32.2. The number of amides is 1. The Labute approximate surface area is 244 Å². The molecule has 0 unspecified atom stereocenters. The van der Waals surface area contributed by atoms with Gasteiger partial charge in [-0.25, -0.2) is 17.2 Å². The molecule has 2 aromatic rings. The van der Waals surface area contributed by atoms with Crippen LogP contribution in [0.3, 0.4) is 0 Å². The molecule has 2 N–H and O–H groups in total. The molecule has 4 aliphatic heterocycles.